The second-order valence-electron chi connectivity index (χ2n) is 8.02. The summed E-state index contributed by atoms with van der Waals surface area (Å²) in [5, 5.41) is 8.50. The van der Waals surface area contributed by atoms with E-state index in [0.29, 0.717) is 5.75 Å². The van der Waals surface area contributed by atoms with Crippen molar-refractivity contribution >= 4 is 22.8 Å². The number of fused-ring (bicyclic) bond motifs is 1. The second kappa shape index (κ2) is 10.8. The molecule has 2 heterocycles. The van der Waals surface area contributed by atoms with E-state index < -0.39 is 12.1 Å². The number of benzene rings is 2. The zero-order valence-electron chi connectivity index (χ0n) is 18.9. The lowest BCUT2D eigenvalue weighted by molar-refractivity contribution is -0.139. The molecule has 1 saturated heterocycles. The van der Waals surface area contributed by atoms with Crippen LogP contribution in [-0.4, -0.2) is 46.1 Å². The van der Waals surface area contributed by atoms with Crippen molar-refractivity contribution in [2.45, 2.75) is 46.1 Å². The van der Waals surface area contributed by atoms with E-state index in [9.17, 15) is 4.79 Å². The molecule has 4 rings (SSSR count). The van der Waals surface area contributed by atoms with E-state index in [1.165, 1.54) is 17.5 Å². The summed E-state index contributed by atoms with van der Waals surface area (Å²) in [6.45, 7) is 6.71. The molecule has 1 aliphatic rings. The van der Waals surface area contributed by atoms with Crippen LogP contribution in [0.5, 0.6) is 5.75 Å². The first kappa shape index (κ1) is 23.3. The first-order valence-corrected chi connectivity index (χ1v) is 11.0. The third kappa shape index (κ3) is 5.84. The zero-order chi connectivity index (χ0) is 23.1. The molecule has 1 unspecified atom stereocenters. The number of carboxylic acids is 1. The highest BCUT2D eigenvalue weighted by Crippen LogP contribution is 2.31. The van der Waals surface area contributed by atoms with Crippen LogP contribution in [0, 0.1) is 6.92 Å². The van der Waals surface area contributed by atoms with E-state index in [1.54, 1.807) is 0 Å². The van der Waals surface area contributed by atoms with Gasteiger partial charge in [0.15, 0.2) is 6.10 Å². The number of hydrogen-bond acceptors (Lipinski definition) is 4. The minimum Gasteiger partial charge on any atom is -0.481 e. The molecule has 1 aliphatic heterocycles. The topological polar surface area (TPSA) is 79.7 Å². The summed E-state index contributed by atoms with van der Waals surface area (Å²) in [5.74, 6) is -0.0822. The van der Waals surface area contributed by atoms with Gasteiger partial charge in [0, 0.05) is 37.7 Å². The molecule has 1 atom stereocenters. The second-order valence-corrected chi connectivity index (χ2v) is 8.02. The van der Waals surface area contributed by atoms with Crippen molar-refractivity contribution in [2.75, 3.05) is 13.1 Å². The largest absolute Gasteiger partial charge is 0.481 e. The van der Waals surface area contributed by atoms with E-state index in [4.69, 9.17) is 14.6 Å². The number of amides is 1. The summed E-state index contributed by atoms with van der Waals surface area (Å²) in [4.78, 5) is 28.1. The quantitative estimate of drug-likeness (QED) is 0.619. The van der Waals surface area contributed by atoms with Gasteiger partial charge in [-0.1, -0.05) is 24.3 Å². The molecule has 0 spiro atoms. The summed E-state index contributed by atoms with van der Waals surface area (Å²) < 4.78 is 5.98. The monoisotopic (exact) mass is 434 g/mol. The Morgan fingerprint density at radius 1 is 1.03 bits per heavy atom. The Morgan fingerprint density at radius 2 is 1.72 bits per heavy atom. The molecule has 0 radical (unpaired) electrons. The SMILES string of the molecule is CC(=O)O.Cc1ccccc1-c1ccnc2cc(OC(C)C(=O)N3CCCCC3)ccc12. The van der Waals surface area contributed by atoms with Crippen molar-refractivity contribution in [1.82, 2.24) is 9.88 Å². The van der Waals surface area contributed by atoms with Gasteiger partial charge >= 0.3 is 0 Å². The minimum absolute atomic E-state index is 0.0708. The Morgan fingerprint density at radius 3 is 2.41 bits per heavy atom. The van der Waals surface area contributed by atoms with Crippen LogP contribution in [0.1, 0.15) is 38.7 Å². The molecule has 2 aromatic carbocycles. The highest BCUT2D eigenvalue weighted by atomic mass is 16.5. The molecule has 32 heavy (non-hydrogen) atoms. The number of hydrogen-bond donors (Lipinski definition) is 1. The molecular weight excluding hydrogens is 404 g/mol. The Hall–Kier alpha value is -3.41. The van der Waals surface area contributed by atoms with Crippen LogP contribution >= 0.6 is 0 Å². The zero-order valence-corrected chi connectivity index (χ0v) is 18.9. The van der Waals surface area contributed by atoms with Crippen molar-refractivity contribution in [3.63, 3.8) is 0 Å². The number of aliphatic carboxylic acids is 1. The molecule has 6 nitrogen and oxygen atoms in total. The lowest BCUT2D eigenvalue weighted by Crippen LogP contribution is -2.43. The molecule has 6 heteroatoms. The fraction of sp³-hybridized carbons (Fsp3) is 0.346. The van der Waals surface area contributed by atoms with Gasteiger partial charge in [-0.3, -0.25) is 14.6 Å². The number of rotatable bonds is 4. The molecule has 168 valence electrons. The summed E-state index contributed by atoms with van der Waals surface area (Å²) in [7, 11) is 0. The minimum atomic E-state index is -0.833. The van der Waals surface area contributed by atoms with Crippen LogP contribution < -0.4 is 4.74 Å². The molecule has 1 fully saturated rings. The van der Waals surface area contributed by atoms with Gasteiger partial charge in [0.25, 0.3) is 11.9 Å². The van der Waals surface area contributed by atoms with Crippen LogP contribution in [0.3, 0.4) is 0 Å². The highest BCUT2D eigenvalue weighted by Gasteiger charge is 2.23. The fourth-order valence-electron chi connectivity index (χ4n) is 3.94. The van der Waals surface area contributed by atoms with Gasteiger partial charge in [0.05, 0.1) is 5.52 Å². The number of carbonyl (C=O) groups excluding carboxylic acids is 1. The third-order valence-corrected chi connectivity index (χ3v) is 5.48. The Balaban J connectivity index is 0.000000668. The predicted octanol–water partition coefficient (Wildman–Crippen LogP) is 5.08. The molecule has 1 aromatic heterocycles. The fourth-order valence-corrected chi connectivity index (χ4v) is 3.94. The maximum absolute atomic E-state index is 12.6. The van der Waals surface area contributed by atoms with Gasteiger partial charge in [0.1, 0.15) is 5.75 Å². The van der Waals surface area contributed by atoms with Crippen molar-refractivity contribution in [3.8, 4) is 16.9 Å². The van der Waals surface area contributed by atoms with Crippen LogP contribution in [-0.2, 0) is 9.59 Å². The summed E-state index contributed by atoms with van der Waals surface area (Å²) in [5.41, 5.74) is 4.47. The van der Waals surface area contributed by atoms with Crippen molar-refractivity contribution in [1.29, 1.82) is 0 Å². The van der Waals surface area contributed by atoms with Gasteiger partial charge < -0.3 is 14.7 Å². The maximum Gasteiger partial charge on any atom is 0.300 e. The Bertz CT molecular complexity index is 1090. The maximum atomic E-state index is 12.6. The molecule has 0 saturated carbocycles. The number of pyridine rings is 1. The number of aryl methyl sites for hydroxylation is 1. The average molecular weight is 435 g/mol. The number of ether oxygens (including phenoxy) is 1. The summed E-state index contributed by atoms with van der Waals surface area (Å²) in [6, 6.07) is 16.3. The van der Waals surface area contributed by atoms with Crippen molar-refractivity contribution < 1.29 is 19.4 Å². The molecular formula is C26H30N2O4. The van der Waals surface area contributed by atoms with E-state index in [2.05, 4.69) is 36.2 Å². The number of piperidine rings is 1. The normalized spacial score (nSPS) is 14.3. The van der Waals surface area contributed by atoms with Crippen LogP contribution in [0.4, 0.5) is 0 Å². The predicted molar refractivity (Wildman–Crippen MR) is 126 cm³/mol. The first-order chi connectivity index (χ1) is 15.4. The molecule has 0 bridgehead atoms. The van der Waals surface area contributed by atoms with E-state index in [1.807, 2.05) is 42.3 Å². The number of carbonyl (C=O) groups is 2. The van der Waals surface area contributed by atoms with E-state index in [-0.39, 0.29) is 5.91 Å². The Labute approximate surface area is 188 Å². The van der Waals surface area contributed by atoms with Crippen molar-refractivity contribution in [3.05, 3.63) is 60.3 Å². The Kier molecular flexibility index (Phi) is 7.82. The van der Waals surface area contributed by atoms with Gasteiger partial charge in [-0.05, 0) is 68.0 Å². The van der Waals surface area contributed by atoms with E-state index in [0.717, 1.165) is 49.3 Å². The summed E-state index contributed by atoms with van der Waals surface area (Å²) >= 11 is 0. The van der Waals surface area contributed by atoms with Crippen LogP contribution in [0.15, 0.2) is 54.7 Å². The number of carboxylic acid groups (broad SMARTS) is 1. The first-order valence-electron chi connectivity index (χ1n) is 11.0. The van der Waals surface area contributed by atoms with Crippen LogP contribution in [0.25, 0.3) is 22.0 Å². The lowest BCUT2D eigenvalue weighted by atomic mass is 9.97. The van der Waals surface area contributed by atoms with Gasteiger partial charge in [-0.15, -0.1) is 0 Å². The molecule has 1 N–H and O–H groups in total. The number of nitrogens with zero attached hydrogens (tertiary/aromatic N) is 2. The van der Waals surface area contributed by atoms with Crippen LogP contribution in [0.2, 0.25) is 0 Å². The third-order valence-electron chi connectivity index (χ3n) is 5.48. The molecule has 1 amide bonds. The number of likely N-dealkylation sites (tertiary alicyclic amines) is 1. The standard InChI is InChI=1S/C24H26N2O2.C2H4O2/c1-17-8-4-5-9-20(17)21-12-13-25-23-16-19(10-11-22(21)23)28-18(2)24(27)26-14-6-3-7-15-26;1-2(3)4/h4-5,8-13,16,18H,3,6-7,14-15H2,1-2H3;1H3,(H,3,4). The molecule has 3 aromatic rings. The van der Waals surface area contributed by atoms with Gasteiger partial charge in [-0.25, -0.2) is 0 Å². The van der Waals surface area contributed by atoms with E-state index >= 15 is 0 Å². The highest BCUT2D eigenvalue weighted by molar-refractivity contribution is 5.95. The average Bonchev–Trinajstić information content (AvgIpc) is 2.78. The van der Waals surface area contributed by atoms with Crippen molar-refractivity contribution in [2.24, 2.45) is 0 Å². The number of aromatic nitrogens is 1. The molecule has 0 aliphatic carbocycles. The lowest BCUT2D eigenvalue weighted by Gasteiger charge is -2.29. The van der Waals surface area contributed by atoms with Gasteiger partial charge in [-0.2, -0.15) is 0 Å². The smallest absolute Gasteiger partial charge is 0.300 e. The summed E-state index contributed by atoms with van der Waals surface area (Å²) in [6.07, 6.45) is 4.71. The van der Waals surface area contributed by atoms with Gasteiger partial charge in [0.2, 0.25) is 0 Å².